The molecular weight excluding hydrogens is 859 g/mol. The van der Waals surface area contributed by atoms with Gasteiger partial charge in [-0.25, -0.2) is 9.97 Å². The lowest BCUT2D eigenvalue weighted by molar-refractivity contribution is -0.133. The fourth-order valence-electron chi connectivity index (χ4n) is 9.22. The molecule has 4 aliphatic heterocycles. The van der Waals surface area contributed by atoms with E-state index >= 15 is 0 Å². The van der Waals surface area contributed by atoms with Gasteiger partial charge in [-0.05, 0) is 80.0 Å². The number of aromatic nitrogens is 4. The van der Waals surface area contributed by atoms with Gasteiger partial charge >= 0.3 is 0 Å². The summed E-state index contributed by atoms with van der Waals surface area (Å²) in [5.41, 5.74) is 5.23. The van der Waals surface area contributed by atoms with E-state index in [0.717, 1.165) is 92.6 Å². The maximum atomic E-state index is 13.3. The number of piperidine rings is 2. The second-order valence-electron chi connectivity index (χ2n) is 17.8. The summed E-state index contributed by atoms with van der Waals surface area (Å²) in [5, 5.41) is 9.16. The smallest absolute Gasteiger partial charge is 0.270 e. The number of hydrogen-bond acceptors (Lipinski definition) is 11. The SMILES string of the molecule is CC.CC.CCCCCC.CN(C)C(=O)c1cc2cnc(Nc3ccc(N4CCN(CC5CCN(c6ccc7c(c6)CNC7=O)CC5)CC4=O)cn3)nc2n1C1CCCC1.O=C1CCCC(=O)N1. The van der Waals surface area contributed by atoms with Gasteiger partial charge in [0.15, 0.2) is 0 Å². The number of unbranched alkanes of at least 4 members (excludes halogenated alkanes) is 3. The van der Waals surface area contributed by atoms with Crippen molar-refractivity contribution < 1.29 is 24.0 Å². The van der Waals surface area contributed by atoms with Crippen molar-refractivity contribution >= 4 is 63.7 Å². The normalized spacial score (nSPS) is 17.3. The third-order valence-electron chi connectivity index (χ3n) is 12.8. The van der Waals surface area contributed by atoms with E-state index in [-0.39, 0.29) is 35.6 Å². The first-order valence-corrected chi connectivity index (χ1v) is 25.3. The average molecular weight is 936 g/mol. The molecule has 16 heteroatoms. The third-order valence-corrected chi connectivity index (χ3v) is 12.8. The van der Waals surface area contributed by atoms with Gasteiger partial charge in [-0.2, -0.15) is 4.98 Å². The molecule has 3 N–H and O–H groups in total. The highest BCUT2D eigenvalue weighted by Gasteiger charge is 2.30. The summed E-state index contributed by atoms with van der Waals surface area (Å²) in [7, 11) is 3.54. The van der Waals surface area contributed by atoms with E-state index in [9.17, 15) is 24.0 Å². The number of carbonyl (C=O) groups is 5. The van der Waals surface area contributed by atoms with Crippen LogP contribution in [0.4, 0.5) is 23.1 Å². The third kappa shape index (κ3) is 14.1. The molecule has 5 amide bonds. The van der Waals surface area contributed by atoms with Crippen LogP contribution >= 0.6 is 0 Å². The Morgan fingerprint density at radius 1 is 0.794 bits per heavy atom. The Balaban J connectivity index is 0.000000409. The molecule has 16 nitrogen and oxygen atoms in total. The molecule has 1 aromatic carbocycles. The van der Waals surface area contributed by atoms with Crippen LogP contribution in [0.15, 0.2) is 48.8 Å². The van der Waals surface area contributed by atoms with Gasteiger partial charge in [0.05, 0.1) is 18.4 Å². The number of carbonyl (C=O) groups excluding carboxylic acids is 5. The standard InChI is InChI=1S/C37H44N10O3.C6H14.C5H7NO2.2C2H6/c1-43(2)36(50)31-18-26-20-40-37(42-34(26)47(31)27-5-3-4-6-27)41-32-10-8-29(21-38-32)46-16-15-44(23-33(46)48)22-24-11-13-45(14-12-24)28-7-9-30-25(17-28)19-39-35(30)49;1-3-5-6-4-2;7-4-2-1-3-5(8)6-4;2*1-2/h7-10,17-18,20-21,24,27H,3-6,11-16,19,22-23H2,1-2H3,(H,39,49)(H,38,40,41,42);3-6H2,1-2H3;1-3H2,(H,6,7,8);2*1-2H3. The Morgan fingerprint density at radius 3 is 2.06 bits per heavy atom. The quantitative estimate of drug-likeness (QED) is 0.0969. The summed E-state index contributed by atoms with van der Waals surface area (Å²) in [6, 6.07) is 12.1. The first kappa shape index (κ1) is 53.1. The predicted molar refractivity (Wildman–Crippen MR) is 271 cm³/mol. The molecule has 4 aromatic rings. The summed E-state index contributed by atoms with van der Waals surface area (Å²) >= 11 is 0. The summed E-state index contributed by atoms with van der Waals surface area (Å²) in [4.78, 5) is 81.0. The molecule has 0 unspecified atom stereocenters. The first-order valence-electron chi connectivity index (χ1n) is 25.3. The fourth-order valence-corrected chi connectivity index (χ4v) is 9.22. The highest BCUT2D eigenvalue weighted by molar-refractivity contribution is 5.99. The molecular formula is C52H77N11O5. The molecule has 7 heterocycles. The van der Waals surface area contributed by atoms with Crippen molar-refractivity contribution in [2.45, 2.75) is 138 Å². The van der Waals surface area contributed by atoms with E-state index < -0.39 is 0 Å². The summed E-state index contributed by atoms with van der Waals surface area (Å²) in [6.07, 6.45) is 17.3. The number of nitrogens with one attached hydrogen (secondary N) is 3. The van der Waals surface area contributed by atoms with Gasteiger partial charge in [-0.3, -0.25) is 34.2 Å². The number of anilines is 4. The van der Waals surface area contributed by atoms with Crippen LogP contribution in [0, 0.1) is 5.92 Å². The van der Waals surface area contributed by atoms with Crippen molar-refractivity contribution in [2.24, 2.45) is 5.92 Å². The van der Waals surface area contributed by atoms with Crippen LogP contribution in [0.1, 0.15) is 157 Å². The first-order chi connectivity index (χ1) is 33.0. The summed E-state index contributed by atoms with van der Waals surface area (Å²) < 4.78 is 2.10. The van der Waals surface area contributed by atoms with Crippen molar-refractivity contribution in [1.82, 2.24) is 40.0 Å². The number of hydrogen-bond donors (Lipinski definition) is 3. The Hall–Kier alpha value is -5.90. The largest absolute Gasteiger partial charge is 0.372 e. The zero-order valence-corrected chi connectivity index (χ0v) is 42.0. The number of piperazine rings is 1. The average Bonchev–Trinajstić information content (AvgIpc) is 4.12. The monoisotopic (exact) mass is 936 g/mol. The van der Waals surface area contributed by atoms with E-state index in [2.05, 4.69) is 66.3 Å². The van der Waals surface area contributed by atoms with E-state index in [0.29, 0.717) is 62.3 Å². The van der Waals surface area contributed by atoms with Gasteiger partial charge in [0, 0.05) is 95.1 Å². The number of nitrogens with zero attached hydrogens (tertiary/aromatic N) is 8. The van der Waals surface area contributed by atoms with Gasteiger partial charge in [0.2, 0.25) is 23.7 Å². The second kappa shape index (κ2) is 26.6. The van der Waals surface area contributed by atoms with E-state index in [1.807, 2.05) is 56.9 Å². The lowest BCUT2D eigenvalue weighted by atomic mass is 9.95. The minimum Gasteiger partial charge on any atom is -0.372 e. The van der Waals surface area contributed by atoms with Crippen molar-refractivity contribution in [1.29, 1.82) is 0 Å². The van der Waals surface area contributed by atoms with Crippen molar-refractivity contribution in [3.63, 3.8) is 0 Å². The van der Waals surface area contributed by atoms with Crippen LogP contribution in [0.3, 0.4) is 0 Å². The molecule has 0 atom stereocenters. The van der Waals surface area contributed by atoms with Crippen LogP contribution < -0.4 is 25.8 Å². The van der Waals surface area contributed by atoms with Crippen LogP contribution in [0.25, 0.3) is 11.0 Å². The number of pyridine rings is 1. The van der Waals surface area contributed by atoms with Crippen molar-refractivity contribution in [3.05, 3.63) is 65.6 Å². The molecule has 370 valence electrons. The molecule has 4 fully saturated rings. The summed E-state index contributed by atoms with van der Waals surface area (Å²) in [6.45, 7) is 17.8. The van der Waals surface area contributed by atoms with E-state index in [4.69, 9.17) is 4.98 Å². The minimum atomic E-state index is -0.138. The van der Waals surface area contributed by atoms with Gasteiger partial charge in [-0.1, -0.05) is 80.1 Å². The topological polar surface area (TPSA) is 178 Å². The molecule has 0 spiro atoms. The number of fused-ring (bicyclic) bond motifs is 2. The molecule has 5 aliphatic rings. The molecule has 1 aliphatic carbocycles. The van der Waals surface area contributed by atoms with Gasteiger partial charge in [0.25, 0.3) is 11.8 Å². The Bertz CT molecular complexity index is 2260. The lowest BCUT2D eigenvalue weighted by Gasteiger charge is -2.39. The molecule has 0 bridgehead atoms. The zero-order chi connectivity index (χ0) is 49.2. The molecule has 0 radical (unpaired) electrons. The van der Waals surface area contributed by atoms with Crippen molar-refractivity contribution in [3.8, 4) is 0 Å². The molecule has 9 rings (SSSR count). The Morgan fingerprint density at radius 2 is 1.47 bits per heavy atom. The molecule has 68 heavy (non-hydrogen) atoms. The Kier molecular flexibility index (Phi) is 20.7. The summed E-state index contributed by atoms with van der Waals surface area (Å²) in [5.74, 6) is 1.34. The Labute approximate surface area is 404 Å². The highest BCUT2D eigenvalue weighted by Crippen LogP contribution is 2.35. The van der Waals surface area contributed by atoms with E-state index in [1.165, 1.54) is 31.4 Å². The molecule has 3 aromatic heterocycles. The number of rotatable bonds is 11. The van der Waals surface area contributed by atoms with Crippen LogP contribution in [0.2, 0.25) is 0 Å². The van der Waals surface area contributed by atoms with Gasteiger partial charge in [-0.15, -0.1) is 0 Å². The zero-order valence-electron chi connectivity index (χ0n) is 42.0. The fraction of sp³-hybridized carbons (Fsp3) is 0.577. The van der Waals surface area contributed by atoms with Crippen molar-refractivity contribution in [2.75, 3.05) is 68.5 Å². The predicted octanol–water partition coefficient (Wildman–Crippen LogP) is 8.65. The minimum absolute atomic E-state index is 0.0187. The van der Waals surface area contributed by atoms with Crippen LogP contribution in [-0.4, -0.2) is 112 Å². The van der Waals surface area contributed by atoms with Gasteiger partial charge in [0.1, 0.15) is 17.2 Å². The van der Waals surface area contributed by atoms with E-state index in [1.54, 1.807) is 31.4 Å². The second-order valence-corrected chi connectivity index (χ2v) is 17.8. The van der Waals surface area contributed by atoms with Crippen LogP contribution in [0.5, 0.6) is 0 Å². The number of benzene rings is 1. The maximum absolute atomic E-state index is 13.3. The van der Waals surface area contributed by atoms with Gasteiger partial charge < -0.3 is 29.9 Å². The lowest BCUT2D eigenvalue weighted by Crippen LogP contribution is -2.52. The molecule has 3 saturated heterocycles. The highest BCUT2D eigenvalue weighted by atomic mass is 16.2. The number of amides is 5. The molecule has 1 saturated carbocycles. The van der Waals surface area contributed by atoms with Crippen LogP contribution in [-0.2, 0) is 20.9 Å². The number of imide groups is 1. The maximum Gasteiger partial charge on any atom is 0.270 e.